The maximum atomic E-state index is 13.0. The highest BCUT2D eigenvalue weighted by Crippen LogP contribution is 2.32. The molecule has 1 unspecified atom stereocenters. The zero-order valence-electron chi connectivity index (χ0n) is 16.1. The van der Waals surface area contributed by atoms with Gasteiger partial charge < -0.3 is 10.1 Å². The Morgan fingerprint density at radius 2 is 1.93 bits per heavy atom. The molecule has 0 radical (unpaired) electrons. The number of carbonyl (C=O) groups is 2. The highest BCUT2D eigenvalue weighted by Gasteiger charge is 2.26. The molecule has 3 aromatic rings. The third-order valence-corrected chi connectivity index (χ3v) is 6.13. The van der Waals surface area contributed by atoms with Gasteiger partial charge in [0.2, 0.25) is 0 Å². The van der Waals surface area contributed by atoms with Crippen molar-refractivity contribution in [2.45, 2.75) is 26.2 Å². The SMILES string of the molecule is CC1CCc2nc3ccccc3c(C(=O)OCC(=O)Nc3ccccc3I)c2C1. The molecule has 0 fully saturated rings. The van der Waals surface area contributed by atoms with Crippen molar-refractivity contribution in [2.75, 3.05) is 11.9 Å². The normalized spacial score (nSPS) is 15.6. The summed E-state index contributed by atoms with van der Waals surface area (Å²) in [4.78, 5) is 30.1. The summed E-state index contributed by atoms with van der Waals surface area (Å²) in [5.74, 6) is -0.338. The Hall–Kier alpha value is -2.48. The van der Waals surface area contributed by atoms with Gasteiger partial charge in [-0.3, -0.25) is 9.78 Å². The van der Waals surface area contributed by atoms with Crippen molar-refractivity contribution in [1.29, 1.82) is 0 Å². The fourth-order valence-corrected chi connectivity index (χ4v) is 4.27. The number of aryl methyl sites for hydroxylation is 1. The van der Waals surface area contributed by atoms with E-state index >= 15 is 0 Å². The second-order valence-corrected chi connectivity index (χ2v) is 8.54. The largest absolute Gasteiger partial charge is 0.452 e. The molecule has 1 aromatic heterocycles. The zero-order chi connectivity index (χ0) is 20.4. The molecule has 1 aliphatic carbocycles. The molecule has 2 aromatic carbocycles. The van der Waals surface area contributed by atoms with Crippen LogP contribution in [0.4, 0.5) is 5.69 Å². The van der Waals surface area contributed by atoms with Gasteiger partial charge in [-0.2, -0.15) is 0 Å². The highest BCUT2D eigenvalue weighted by atomic mass is 127. The number of benzene rings is 2. The van der Waals surface area contributed by atoms with E-state index in [9.17, 15) is 9.59 Å². The first kappa shape index (κ1) is 19.8. The molecule has 148 valence electrons. The van der Waals surface area contributed by atoms with Gasteiger partial charge in [0.25, 0.3) is 5.91 Å². The maximum absolute atomic E-state index is 13.0. The molecular weight excluding hydrogens is 479 g/mol. The molecular formula is C23H21IN2O3. The van der Waals surface area contributed by atoms with E-state index in [1.165, 1.54) is 0 Å². The number of esters is 1. The monoisotopic (exact) mass is 500 g/mol. The summed E-state index contributed by atoms with van der Waals surface area (Å²) in [6.07, 6.45) is 2.71. The van der Waals surface area contributed by atoms with Crippen LogP contribution in [0.5, 0.6) is 0 Å². The molecule has 5 nitrogen and oxygen atoms in total. The van der Waals surface area contributed by atoms with E-state index in [2.05, 4.69) is 34.8 Å². The number of rotatable bonds is 4. The standard InChI is InChI=1S/C23H21IN2O3/c1-14-10-11-19-16(12-14)22(15-6-2-4-8-18(15)25-19)23(28)29-13-21(27)26-20-9-5-3-7-17(20)24/h2-9,14H,10-13H2,1H3,(H,26,27). The molecule has 6 heteroatoms. The summed E-state index contributed by atoms with van der Waals surface area (Å²) in [5, 5.41) is 3.57. The van der Waals surface area contributed by atoms with Gasteiger partial charge in [0.05, 0.1) is 16.8 Å². The number of nitrogens with zero attached hydrogens (tertiary/aromatic N) is 1. The van der Waals surface area contributed by atoms with Crippen LogP contribution in [0.3, 0.4) is 0 Å². The summed E-state index contributed by atoms with van der Waals surface area (Å²) in [6, 6.07) is 15.1. The molecule has 1 amide bonds. The lowest BCUT2D eigenvalue weighted by atomic mass is 9.84. The molecule has 1 heterocycles. The Morgan fingerprint density at radius 3 is 2.76 bits per heavy atom. The van der Waals surface area contributed by atoms with E-state index in [0.717, 1.165) is 45.0 Å². The lowest BCUT2D eigenvalue weighted by molar-refractivity contribution is -0.119. The van der Waals surface area contributed by atoms with Crippen molar-refractivity contribution < 1.29 is 14.3 Å². The van der Waals surface area contributed by atoms with E-state index < -0.39 is 5.97 Å². The summed E-state index contributed by atoms with van der Waals surface area (Å²) in [5.41, 5.74) is 3.98. The fraction of sp³-hybridized carbons (Fsp3) is 0.261. The quantitative estimate of drug-likeness (QED) is 0.415. The minimum Gasteiger partial charge on any atom is -0.452 e. The van der Waals surface area contributed by atoms with Crippen LogP contribution in [-0.4, -0.2) is 23.5 Å². The zero-order valence-corrected chi connectivity index (χ0v) is 18.2. The second-order valence-electron chi connectivity index (χ2n) is 7.38. The van der Waals surface area contributed by atoms with Crippen LogP contribution in [0.25, 0.3) is 10.9 Å². The highest BCUT2D eigenvalue weighted by molar-refractivity contribution is 14.1. The Balaban J connectivity index is 1.57. The van der Waals surface area contributed by atoms with E-state index in [4.69, 9.17) is 9.72 Å². The minimum atomic E-state index is -0.466. The van der Waals surface area contributed by atoms with Gasteiger partial charge in [-0.15, -0.1) is 0 Å². The van der Waals surface area contributed by atoms with E-state index in [0.29, 0.717) is 17.2 Å². The lowest BCUT2D eigenvalue weighted by Crippen LogP contribution is -2.24. The van der Waals surface area contributed by atoms with Crippen LogP contribution in [-0.2, 0) is 22.4 Å². The minimum absolute atomic E-state index is 0.329. The number of fused-ring (bicyclic) bond motifs is 2. The van der Waals surface area contributed by atoms with E-state index in [-0.39, 0.29) is 12.5 Å². The first-order valence-corrected chi connectivity index (χ1v) is 10.7. The van der Waals surface area contributed by atoms with Crippen molar-refractivity contribution in [3.05, 3.63) is 68.9 Å². The van der Waals surface area contributed by atoms with Gasteiger partial charge in [0.15, 0.2) is 6.61 Å². The van der Waals surface area contributed by atoms with E-state index in [1.807, 2.05) is 48.5 Å². The first-order chi connectivity index (χ1) is 14.0. The van der Waals surface area contributed by atoms with Crippen LogP contribution in [0.15, 0.2) is 48.5 Å². The maximum Gasteiger partial charge on any atom is 0.339 e. The number of halogens is 1. The predicted molar refractivity (Wildman–Crippen MR) is 121 cm³/mol. The predicted octanol–water partition coefficient (Wildman–Crippen LogP) is 4.76. The van der Waals surface area contributed by atoms with E-state index in [1.54, 1.807) is 0 Å². The van der Waals surface area contributed by atoms with Crippen LogP contribution >= 0.6 is 22.6 Å². The Morgan fingerprint density at radius 1 is 1.17 bits per heavy atom. The van der Waals surface area contributed by atoms with Crippen LogP contribution in [0.2, 0.25) is 0 Å². The number of hydrogen-bond donors (Lipinski definition) is 1. The second kappa shape index (κ2) is 8.49. The number of nitrogens with one attached hydrogen (secondary N) is 1. The number of carbonyl (C=O) groups excluding carboxylic acids is 2. The summed E-state index contributed by atoms with van der Waals surface area (Å²) < 4.78 is 6.35. The Kier molecular flexibility index (Phi) is 5.80. The molecule has 1 aliphatic rings. The molecule has 29 heavy (non-hydrogen) atoms. The van der Waals surface area contributed by atoms with Gasteiger partial charge in [-0.25, -0.2) is 4.79 Å². The number of anilines is 1. The van der Waals surface area contributed by atoms with Crippen LogP contribution in [0.1, 0.15) is 35.0 Å². The summed E-state index contributed by atoms with van der Waals surface area (Å²) in [7, 11) is 0. The molecule has 1 N–H and O–H groups in total. The van der Waals surface area contributed by atoms with Crippen molar-refractivity contribution in [3.63, 3.8) is 0 Å². The molecule has 0 saturated heterocycles. The molecule has 0 saturated carbocycles. The number of hydrogen-bond acceptors (Lipinski definition) is 4. The third-order valence-electron chi connectivity index (χ3n) is 5.19. The molecule has 4 rings (SSSR count). The van der Waals surface area contributed by atoms with Gasteiger partial charge in [-0.1, -0.05) is 37.3 Å². The summed E-state index contributed by atoms with van der Waals surface area (Å²) >= 11 is 2.15. The van der Waals surface area contributed by atoms with Gasteiger partial charge in [0.1, 0.15) is 0 Å². The van der Waals surface area contributed by atoms with Crippen LogP contribution in [0, 0.1) is 9.49 Å². The smallest absolute Gasteiger partial charge is 0.339 e. The molecule has 0 aliphatic heterocycles. The number of amides is 1. The first-order valence-electron chi connectivity index (χ1n) is 9.65. The number of para-hydroxylation sites is 2. The van der Waals surface area contributed by atoms with Gasteiger partial charge in [-0.05, 0) is 71.5 Å². The number of ether oxygens (including phenoxy) is 1. The number of aromatic nitrogens is 1. The molecule has 1 atom stereocenters. The topological polar surface area (TPSA) is 68.3 Å². The fourth-order valence-electron chi connectivity index (χ4n) is 3.75. The Labute approximate surface area is 183 Å². The van der Waals surface area contributed by atoms with Gasteiger partial charge >= 0.3 is 5.97 Å². The molecule has 0 spiro atoms. The van der Waals surface area contributed by atoms with Crippen molar-refractivity contribution in [2.24, 2.45) is 5.92 Å². The van der Waals surface area contributed by atoms with Crippen molar-refractivity contribution in [1.82, 2.24) is 4.98 Å². The van der Waals surface area contributed by atoms with Crippen LogP contribution < -0.4 is 5.32 Å². The number of pyridine rings is 1. The lowest BCUT2D eigenvalue weighted by Gasteiger charge is -2.24. The Bertz CT molecular complexity index is 1100. The van der Waals surface area contributed by atoms with Crippen molar-refractivity contribution in [3.8, 4) is 0 Å². The summed E-state index contributed by atoms with van der Waals surface area (Å²) in [6.45, 7) is 1.85. The average Bonchev–Trinajstić information content (AvgIpc) is 2.72. The average molecular weight is 500 g/mol. The van der Waals surface area contributed by atoms with Gasteiger partial charge in [0, 0.05) is 14.7 Å². The van der Waals surface area contributed by atoms with Crippen molar-refractivity contribution >= 4 is 51.1 Å². The third kappa shape index (κ3) is 4.27. The molecule has 0 bridgehead atoms.